The lowest BCUT2D eigenvalue weighted by Gasteiger charge is -2.34. The number of nitrogens with one attached hydrogen (secondary N) is 2. The fraction of sp³-hybridized carbons (Fsp3) is 0.533. The molecule has 1 aromatic rings. The number of carbonyl (C=O) groups is 1. The van der Waals surface area contributed by atoms with Crippen molar-refractivity contribution in [3.05, 3.63) is 29.3 Å². The van der Waals surface area contributed by atoms with Crippen LogP contribution in [0.4, 0.5) is 5.69 Å². The Morgan fingerprint density at radius 3 is 2.14 bits per heavy atom. The highest BCUT2D eigenvalue weighted by Crippen LogP contribution is 2.29. The minimum atomic E-state index is -3.48. The molecule has 0 aromatic heterocycles. The number of aryl methyl sites for hydroxylation is 2. The summed E-state index contributed by atoms with van der Waals surface area (Å²) in [4.78, 5) is 12.6. The number of sulfone groups is 1. The molecule has 1 heterocycles. The van der Waals surface area contributed by atoms with Gasteiger partial charge in [-0.15, -0.1) is 0 Å². The molecule has 1 fully saturated rings. The molecule has 0 atom stereocenters. The van der Waals surface area contributed by atoms with E-state index in [-0.39, 0.29) is 0 Å². The van der Waals surface area contributed by atoms with Crippen LogP contribution in [-0.4, -0.2) is 38.4 Å². The van der Waals surface area contributed by atoms with E-state index in [1.165, 1.54) is 0 Å². The fourth-order valence-corrected chi connectivity index (χ4v) is 4.22. The van der Waals surface area contributed by atoms with Crippen LogP contribution < -0.4 is 10.6 Å². The number of anilines is 1. The number of carbonyl (C=O) groups excluding carboxylic acids is 1. The van der Waals surface area contributed by atoms with E-state index in [0.29, 0.717) is 31.6 Å². The van der Waals surface area contributed by atoms with Crippen molar-refractivity contribution in [2.75, 3.05) is 24.7 Å². The zero-order chi connectivity index (χ0) is 15.7. The Morgan fingerprint density at radius 2 is 1.67 bits per heavy atom. The van der Waals surface area contributed by atoms with E-state index in [9.17, 15) is 13.2 Å². The first-order valence-electron chi connectivity index (χ1n) is 7.05. The van der Waals surface area contributed by atoms with Gasteiger partial charge in [-0.05, 0) is 63.0 Å². The first-order valence-corrected chi connectivity index (χ1v) is 8.94. The first-order chi connectivity index (χ1) is 9.74. The van der Waals surface area contributed by atoms with E-state index in [0.717, 1.165) is 17.4 Å². The summed E-state index contributed by atoms with van der Waals surface area (Å²) < 4.78 is 23.0. The zero-order valence-corrected chi connectivity index (χ0v) is 13.5. The molecule has 0 bridgehead atoms. The summed E-state index contributed by atoms with van der Waals surface area (Å²) in [6.07, 6.45) is 1.77. The van der Waals surface area contributed by atoms with Crippen molar-refractivity contribution in [2.45, 2.75) is 31.4 Å². The highest BCUT2D eigenvalue weighted by atomic mass is 32.2. The first kappa shape index (κ1) is 16.0. The van der Waals surface area contributed by atoms with E-state index >= 15 is 0 Å². The van der Waals surface area contributed by atoms with Gasteiger partial charge in [0.05, 0.1) is 0 Å². The van der Waals surface area contributed by atoms with Gasteiger partial charge in [0.1, 0.15) is 0 Å². The van der Waals surface area contributed by atoms with E-state index in [2.05, 4.69) is 10.6 Å². The average Bonchev–Trinajstić information content (AvgIpc) is 2.37. The second-order valence-corrected chi connectivity index (χ2v) is 8.17. The van der Waals surface area contributed by atoms with Crippen molar-refractivity contribution in [3.8, 4) is 0 Å². The molecule has 0 spiro atoms. The van der Waals surface area contributed by atoms with Crippen LogP contribution in [0.15, 0.2) is 18.2 Å². The third-order valence-electron chi connectivity index (χ3n) is 4.01. The molecule has 1 saturated heterocycles. The summed E-state index contributed by atoms with van der Waals surface area (Å²) in [5.41, 5.74) is 2.71. The number of amides is 1. The van der Waals surface area contributed by atoms with Crippen LogP contribution in [0.3, 0.4) is 0 Å². The smallest absolute Gasteiger partial charge is 0.245 e. The number of benzene rings is 1. The van der Waals surface area contributed by atoms with Crippen LogP contribution in [0.1, 0.15) is 24.0 Å². The van der Waals surface area contributed by atoms with Crippen LogP contribution in [0, 0.1) is 13.8 Å². The molecular weight excluding hydrogens is 288 g/mol. The van der Waals surface area contributed by atoms with Gasteiger partial charge in [0.15, 0.2) is 14.6 Å². The molecule has 1 aromatic carbocycles. The summed E-state index contributed by atoms with van der Waals surface area (Å²) in [7, 11) is -3.48. The predicted molar refractivity (Wildman–Crippen MR) is 84.2 cm³/mol. The van der Waals surface area contributed by atoms with Crippen LogP contribution in [0.25, 0.3) is 0 Å². The summed E-state index contributed by atoms with van der Waals surface area (Å²) >= 11 is 0. The molecule has 2 rings (SSSR count). The third kappa shape index (κ3) is 3.27. The molecule has 0 unspecified atom stereocenters. The Kier molecular flexibility index (Phi) is 4.39. The Hall–Kier alpha value is -1.40. The van der Waals surface area contributed by atoms with Gasteiger partial charge >= 0.3 is 0 Å². The largest absolute Gasteiger partial charge is 0.325 e. The van der Waals surface area contributed by atoms with Crippen molar-refractivity contribution < 1.29 is 13.2 Å². The number of rotatable bonds is 3. The standard InChI is InChI=1S/C15H22N2O3S/c1-11-8-12(2)10-13(9-11)17-14(18)15(21(3,19)20)4-6-16-7-5-15/h8-10,16H,4-7H2,1-3H3,(H,17,18). The molecule has 1 aliphatic rings. The SMILES string of the molecule is Cc1cc(C)cc(NC(=O)C2(S(C)(=O)=O)CCNCC2)c1. The quantitative estimate of drug-likeness (QED) is 0.885. The van der Waals surface area contributed by atoms with Gasteiger partial charge in [0, 0.05) is 11.9 Å². The topological polar surface area (TPSA) is 75.3 Å². The van der Waals surface area contributed by atoms with E-state index in [1.807, 2.05) is 32.0 Å². The molecule has 1 amide bonds. The lowest BCUT2D eigenvalue weighted by Crippen LogP contribution is -2.55. The van der Waals surface area contributed by atoms with Gasteiger partial charge < -0.3 is 10.6 Å². The normalized spacial score (nSPS) is 18.2. The molecule has 116 valence electrons. The molecular formula is C15H22N2O3S. The summed E-state index contributed by atoms with van der Waals surface area (Å²) in [5.74, 6) is -0.420. The highest BCUT2D eigenvalue weighted by Gasteiger charge is 2.48. The Labute approximate surface area is 126 Å². The van der Waals surface area contributed by atoms with E-state index < -0.39 is 20.5 Å². The van der Waals surface area contributed by atoms with Crippen LogP contribution in [0.5, 0.6) is 0 Å². The summed E-state index contributed by atoms with van der Waals surface area (Å²) in [6, 6.07) is 5.70. The second-order valence-electron chi connectivity index (χ2n) is 5.85. The van der Waals surface area contributed by atoms with Crippen molar-refractivity contribution in [2.24, 2.45) is 0 Å². The molecule has 0 radical (unpaired) electrons. The van der Waals surface area contributed by atoms with Crippen molar-refractivity contribution >= 4 is 21.4 Å². The average molecular weight is 310 g/mol. The Morgan fingerprint density at radius 1 is 1.14 bits per heavy atom. The number of hydrogen-bond donors (Lipinski definition) is 2. The second kappa shape index (κ2) is 5.77. The zero-order valence-electron chi connectivity index (χ0n) is 12.7. The van der Waals surface area contributed by atoms with Gasteiger partial charge in [-0.2, -0.15) is 0 Å². The lowest BCUT2D eigenvalue weighted by atomic mass is 9.95. The molecule has 6 heteroatoms. The Bertz CT molecular complexity index is 627. The van der Waals surface area contributed by atoms with Gasteiger partial charge in [0.2, 0.25) is 5.91 Å². The van der Waals surface area contributed by atoms with Gasteiger partial charge in [-0.3, -0.25) is 4.79 Å². The summed E-state index contributed by atoms with van der Waals surface area (Å²) in [6.45, 7) is 4.96. The molecule has 5 nitrogen and oxygen atoms in total. The Balaban J connectivity index is 2.31. The van der Waals surface area contributed by atoms with E-state index in [1.54, 1.807) is 0 Å². The minimum Gasteiger partial charge on any atom is -0.325 e. The van der Waals surface area contributed by atoms with E-state index in [4.69, 9.17) is 0 Å². The molecule has 21 heavy (non-hydrogen) atoms. The molecule has 0 saturated carbocycles. The maximum atomic E-state index is 12.6. The van der Waals surface area contributed by atoms with Crippen molar-refractivity contribution in [1.29, 1.82) is 0 Å². The maximum Gasteiger partial charge on any atom is 0.245 e. The molecule has 0 aliphatic carbocycles. The lowest BCUT2D eigenvalue weighted by molar-refractivity contribution is -0.119. The number of hydrogen-bond acceptors (Lipinski definition) is 4. The maximum absolute atomic E-state index is 12.6. The third-order valence-corrected chi connectivity index (χ3v) is 6.03. The van der Waals surface area contributed by atoms with Gasteiger partial charge in [-0.25, -0.2) is 8.42 Å². The molecule has 1 aliphatic heterocycles. The van der Waals surface area contributed by atoms with Crippen molar-refractivity contribution in [1.82, 2.24) is 5.32 Å². The molecule has 2 N–H and O–H groups in total. The van der Waals surface area contributed by atoms with Gasteiger partial charge in [-0.1, -0.05) is 6.07 Å². The monoisotopic (exact) mass is 310 g/mol. The van der Waals surface area contributed by atoms with Gasteiger partial charge in [0.25, 0.3) is 0 Å². The van der Waals surface area contributed by atoms with Crippen LogP contribution >= 0.6 is 0 Å². The minimum absolute atomic E-state index is 0.308. The predicted octanol–water partition coefficient (Wildman–Crippen LogP) is 1.41. The van der Waals surface area contributed by atoms with Crippen LogP contribution in [0.2, 0.25) is 0 Å². The summed E-state index contributed by atoms with van der Waals surface area (Å²) in [5, 5.41) is 5.90. The number of piperidine rings is 1. The van der Waals surface area contributed by atoms with Crippen LogP contribution in [-0.2, 0) is 14.6 Å². The highest BCUT2D eigenvalue weighted by molar-refractivity contribution is 7.92. The fourth-order valence-electron chi connectivity index (χ4n) is 2.89. The van der Waals surface area contributed by atoms with Crippen molar-refractivity contribution in [3.63, 3.8) is 0 Å².